The molecule has 1 saturated heterocycles. The molecule has 6 nitrogen and oxygen atoms in total. The second-order valence-electron chi connectivity index (χ2n) is 5.98. The monoisotopic (exact) mass is 396 g/mol. The Morgan fingerprint density at radius 1 is 0.889 bits per heavy atom. The van der Waals surface area contributed by atoms with Gasteiger partial charge in [0.2, 0.25) is 10.0 Å². The average Bonchev–Trinajstić information content (AvgIpc) is 2.68. The van der Waals surface area contributed by atoms with Gasteiger partial charge in [-0.1, -0.05) is 0 Å². The van der Waals surface area contributed by atoms with Crippen molar-refractivity contribution in [3.63, 3.8) is 0 Å². The second kappa shape index (κ2) is 8.01. The van der Waals surface area contributed by atoms with Crippen molar-refractivity contribution in [2.24, 2.45) is 0 Å². The first kappa shape index (κ1) is 19.2. The highest BCUT2D eigenvalue weighted by Gasteiger charge is 2.30. The molecule has 9 heteroatoms. The van der Waals surface area contributed by atoms with Crippen LogP contribution in [0.25, 0.3) is 0 Å². The minimum absolute atomic E-state index is 0.0170. The molecule has 0 N–H and O–H groups in total. The number of hydrogen-bond donors (Lipinski definition) is 0. The first-order valence-corrected chi connectivity index (χ1v) is 9.72. The predicted octanol–water partition coefficient (Wildman–Crippen LogP) is 1.88. The van der Waals surface area contributed by atoms with E-state index in [0.29, 0.717) is 5.75 Å². The van der Waals surface area contributed by atoms with E-state index in [4.69, 9.17) is 4.74 Å². The number of nitrogens with zero attached hydrogens (tertiary/aromatic N) is 2. The van der Waals surface area contributed by atoms with Crippen molar-refractivity contribution in [2.75, 3.05) is 32.8 Å². The summed E-state index contributed by atoms with van der Waals surface area (Å²) in [4.78, 5) is 13.8. The zero-order valence-corrected chi connectivity index (χ0v) is 15.2. The number of amides is 1. The molecule has 0 atom stereocenters. The van der Waals surface area contributed by atoms with Gasteiger partial charge < -0.3 is 9.64 Å². The molecule has 0 unspecified atom stereocenters. The molecule has 0 aromatic heterocycles. The SMILES string of the molecule is O=C(COc1ccc(F)cc1)N1CCN(S(=O)(=O)c2ccc(F)cc2)CC1. The second-order valence-corrected chi connectivity index (χ2v) is 7.92. The fraction of sp³-hybridized carbons (Fsp3) is 0.278. The molecule has 1 aliphatic heterocycles. The number of halogens is 2. The van der Waals surface area contributed by atoms with Crippen LogP contribution in [0.15, 0.2) is 53.4 Å². The van der Waals surface area contributed by atoms with Crippen LogP contribution in [0.4, 0.5) is 8.78 Å². The summed E-state index contributed by atoms with van der Waals surface area (Å²) in [6.45, 7) is 0.526. The summed E-state index contributed by atoms with van der Waals surface area (Å²) in [6, 6.07) is 9.96. The van der Waals surface area contributed by atoms with Crippen LogP contribution in [-0.4, -0.2) is 56.3 Å². The molecule has 0 bridgehead atoms. The Kier molecular flexibility index (Phi) is 5.71. The highest BCUT2D eigenvalue weighted by molar-refractivity contribution is 7.89. The highest BCUT2D eigenvalue weighted by Crippen LogP contribution is 2.18. The van der Waals surface area contributed by atoms with Crippen LogP contribution in [-0.2, 0) is 14.8 Å². The number of ether oxygens (including phenoxy) is 1. The largest absolute Gasteiger partial charge is 0.484 e. The minimum atomic E-state index is -3.73. The lowest BCUT2D eigenvalue weighted by molar-refractivity contribution is -0.134. The van der Waals surface area contributed by atoms with E-state index in [-0.39, 0.29) is 43.6 Å². The van der Waals surface area contributed by atoms with E-state index in [9.17, 15) is 22.0 Å². The number of benzene rings is 2. The van der Waals surface area contributed by atoms with Crippen LogP contribution < -0.4 is 4.74 Å². The Bertz CT molecular complexity index is 894. The molecule has 2 aromatic carbocycles. The number of carbonyl (C=O) groups is 1. The van der Waals surface area contributed by atoms with Crippen molar-refractivity contribution in [3.05, 3.63) is 60.2 Å². The first-order chi connectivity index (χ1) is 12.9. The number of carbonyl (C=O) groups excluding carboxylic acids is 1. The fourth-order valence-electron chi connectivity index (χ4n) is 2.70. The van der Waals surface area contributed by atoms with E-state index in [1.54, 1.807) is 0 Å². The topological polar surface area (TPSA) is 66.9 Å². The normalized spacial score (nSPS) is 15.6. The number of hydrogen-bond acceptors (Lipinski definition) is 4. The molecular formula is C18H18F2N2O4S. The number of sulfonamides is 1. The Labute approximate surface area is 156 Å². The molecule has 0 spiro atoms. The molecular weight excluding hydrogens is 378 g/mol. The Morgan fingerprint density at radius 3 is 1.96 bits per heavy atom. The third-order valence-corrected chi connectivity index (χ3v) is 6.13. The Balaban J connectivity index is 1.54. The van der Waals surface area contributed by atoms with Crippen LogP contribution in [0, 0.1) is 11.6 Å². The predicted molar refractivity (Wildman–Crippen MR) is 93.6 cm³/mol. The van der Waals surface area contributed by atoms with E-state index in [1.807, 2.05) is 0 Å². The van der Waals surface area contributed by atoms with Crippen molar-refractivity contribution < 1.29 is 26.7 Å². The summed E-state index contributed by atoms with van der Waals surface area (Å²) in [6.07, 6.45) is 0. The maximum Gasteiger partial charge on any atom is 0.260 e. The van der Waals surface area contributed by atoms with Crippen molar-refractivity contribution >= 4 is 15.9 Å². The lowest BCUT2D eigenvalue weighted by Gasteiger charge is -2.34. The molecule has 27 heavy (non-hydrogen) atoms. The van der Waals surface area contributed by atoms with Gasteiger partial charge in [0, 0.05) is 26.2 Å². The fourth-order valence-corrected chi connectivity index (χ4v) is 4.12. The lowest BCUT2D eigenvalue weighted by Crippen LogP contribution is -2.51. The van der Waals surface area contributed by atoms with Gasteiger partial charge in [-0.2, -0.15) is 4.31 Å². The van der Waals surface area contributed by atoms with Gasteiger partial charge in [-0.25, -0.2) is 17.2 Å². The highest BCUT2D eigenvalue weighted by atomic mass is 32.2. The molecule has 0 radical (unpaired) electrons. The third-order valence-electron chi connectivity index (χ3n) is 4.22. The van der Waals surface area contributed by atoms with Gasteiger partial charge in [0.15, 0.2) is 6.61 Å². The van der Waals surface area contributed by atoms with Crippen molar-refractivity contribution in [1.82, 2.24) is 9.21 Å². The smallest absolute Gasteiger partial charge is 0.260 e. The van der Waals surface area contributed by atoms with Gasteiger partial charge in [0.1, 0.15) is 17.4 Å². The quantitative estimate of drug-likeness (QED) is 0.774. The Morgan fingerprint density at radius 2 is 1.41 bits per heavy atom. The van der Waals surface area contributed by atoms with Gasteiger partial charge in [0.05, 0.1) is 4.90 Å². The molecule has 2 aromatic rings. The molecule has 144 valence electrons. The summed E-state index contributed by atoms with van der Waals surface area (Å²) >= 11 is 0. The van der Waals surface area contributed by atoms with E-state index in [1.165, 1.54) is 45.6 Å². The van der Waals surface area contributed by atoms with E-state index in [0.717, 1.165) is 12.1 Å². The molecule has 0 saturated carbocycles. The standard InChI is InChI=1S/C18H18F2N2O4S/c19-14-1-5-16(6-2-14)26-13-18(23)21-9-11-22(12-10-21)27(24,25)17-7-3-15(20)4-8-17/h1-8H,9-13H2. The minimum Gasteiger partial charge on any atom is -0.484 e. The van der Waals surface area contributed by atoms with Crippen LogP contribution >= 0.6 is 0 Å². The summed E-state index contributed by atoms with van der Waals surface area (Å²) < 4.78 is 57.5. The number of rotatable bonds is 5. The molecule has 3 rings (SSSR count). The van der Waals surface area contributed by atoms with Gasteiger partial charge in [0.25, 0.3) is 5.91 Å². The summed E-state index contributed by atoms with van der Waals surface area (Å²) in [5.74, 6) is -0.807. The molecule has 1 aliphatic rings. The zero-order chi connectivity index (χ0) is 19.4. The Hall–Kier alpha value is -2.52. The van der Waals surface area contributed by atoms with Crippen LogP contribution in [0.1, 0.15) is 0 Å². The molecule has 1 amide bonds. The average molecular weight is 396 g/mol. The molecule has 1 fully saturated rings. The molecule has 1 heterocycles. The summed E-state index contributed by atoms with van der Waals surface area (Å²) in [7, 11) is -3.73. The third kappa shape index (κ3) is 4.61. The van der Waals surface area contributed by atoms with E-state index < -0.39 is 21.7 Å². The van der Waals surface area contributed by atoms with Gasteiger partial charge >= 0.3 is 0 Å². The van der Waals surface area contributed by atoms with Crippen molar-refractivity contribution in [3.8, 4) is 5.75 Å². The maximum atomic E-state index is 13.0. The van der Waals surface area contributed by atoms with Gasteiger partial charge in [-0.3, -0.25) is 4.79 Å². The number of piperazine rings is 1. The van der Waals surface area contributed by atoms with Gasteiger partial charge in [-0.15, -0.1) is 0 Å². The van der Waals surface area contributed by atoms with Crippen LogP contribution in [0.2, 0.25) is 0 Å². The summed E-state index contributed by atoms with van der Waals surface area (Å²) in [5, 5.41) is 0. The van der Waals surface area contributed by atoms with E-state index in [2.05, 4.69) is 0 Å². The van der Waals surface area contributed by atoms with E-state index >= 15 is 0 Å². The van der Waals surface area contributed by atoms with Gasteiger partial charge in [-0.05, 0) is 48.5 Å². The maximum absolute atomic E-state index is 13.0. The van der Waals surface area contributed by atoms with Crippen LogP contribution in [0.3, 0.4) is 0 Å². The zero-order valence-electron chi connectivity index (χ0n) is 14.3. The first-order valence-electron chi connectivity index (χ1n) is 8.28. The van der Waals surface area contributed by atoms with Crippen LogP contribution in [0.5, 0.6) is 5.75 Å². The molecule has 0 aliphatic carbocycles. The lowest BCUT2D eigenvalue weighted by atomic mass is 10.3. The van der Waals surface area contributed by atoms with Crippen molar-refractivity contribution in [2.45, 2.75) is 4.90 Å². The van der Waals surface area contributed by atoms with Crippen molar-refractivity contribution in [1.29, 1.82) is 0 Å². The summed E-state index contributed by atoms with van der Waals surface area (Å²) in [5.41, 5.74) is 0.